The van der Waals surface area contributed by atoms with Gasteiger partial charge in [0, 0.05) is 17.9 Å². The zero-order valence-corrected chi connectivity index (χ0v) is 17.1. The summed E-state index contributed by atoms with van der Waals surface area (Å²) in [5.41, 5.74) is 1.85. The summed E-state index contributed by atoms with van der Waals surface area (Å²) in [6.45, 7) is 11.4. The topological polar surface area (TPSA) is 37.3 Å². The highest BCUT2D eigenvalue weighted by Gasteiger charge is 2.62. The minimum absolute atomic E-state index is 0.0957. The van der Waals surface area contributed by atoms with Gasteiger partial charge in [0.05, 0.1) is 0 Å². The Morgan fingerprint density at radius 1 is 1.04 bits per heavy atom. The summed E-state index contributed by atoms with van der Waals surface area (Å²) in [5, 5.41) is 9.66. The van der Waals surface area contributed by atoms with Crippen molar-refractivity contribution < 1.29 is 9.90 Å². The van der Waals surface area contributed by atoms with Gasteiger partial charge in [0.15, 0.2) is 0 Å². The van der Waals surface area contributed by atoms with E-state index in [1.54, 1.807) is 0 Å². The van der Waals surface area contributed by atoms with Crippen LogP contribution in [0.5, 0.6) is 0 Å². The van der Waals surface area contributed by atoms with E-state index in [1.165, 1.54) is 56.9 Å². The molecule has 26 heavy (non-hydrogen) atoms. The summed E-state index contributed by atoms with van der Waals surface area (Å²) < 4.78 is 0. The van der Waals surface area contributed by atoms with E-state index in [0.29, 0.717) is 29.6 Å². The molecule has 2 nitrogen and oxygen atoms in total. The van der Waals surface area contributed by atoms with Gasteiger partial charge >= 0.3 is 0 Å². The van der Waals surface area contributed by atoms with Crippen LogP contribution in [-0.4, -0.2) is 17.5 Å². The molecular formula is C24H38O2. The lowest BCUT2D eigenvalue weighted by molar-refractivity contribution is -0.133. The minimum Gasteiger partial charge on any atom is -0.396 e. The van der Waals surface area contributed by atoms with E-state index in [4.69, 9.17) is 0 Å². The van der Waals surface area contributed by atoms with Gasteiger partial charge in [-0.2, -0.15) is 0 Å². The zero-order valence-electron chi connectivity index (χ0n) is 17.1. The van der Waals surface area contributed by atoms with E-state index in [9.17, 15) is 9.90 Å². The van der Waals surface area contributed by atoms with E-state index in [1.807, 2.05) is 6.92 Å². The van der Waals surface area contributed by atoms with Gasteiger partial charge in [-0.15, -0.1) is 0 Å². The van der Waals surface area contributed by atoms with Crippen LogP contribution in [0.25, 0.3) is 0 Å². The first-order valence-corrected chi connectivity index (χ1v) is 11.1. The Kier molecular flexibility index (Phi) is 4.66. The van der Waals surface area contributed by atoms with Crippen molar-refractivity contribution in [2.45, 2.75) is 78.6 Å². The lowest BCUT2D eigenvalue weighted by atomic mass is 9.43. The Balaban J connectivity index is 1.64. The van der Waals surface area contributed by atoms with Crippen LogP contribution in [0, 0.1) is 46.3 Å². The molecule has 0 saturated heterocycles. The number of carbonyl (C=O) groups is 1. The Bertz CT molecular complexity index is 595. The van der Waals surface area contributed by atoms with Crippen molar-refractivity contribution in [1.29, 1.82) is 0 Å². The molecule has 0 aromatic rings. The maximum absolute atomic E-state index is 12.5. The fourth-order valence-electron chi connectivity index (χ4n) is 8.58. The number of ketones is 1. The van der Waals surface area contributed by atoms with Crippen LogP contribution < -0.4 is 0 Å². The lowest BCUT2D eigenvalue weighted by Gasteiger charge is -2.61. The average molecular weight is 359 g/mol. The van der Waals surface area contributed by atoms with Gasteiger partial charge in [-0.1, -0.05) is 19.1 Å². The molecule has 0 heterocycles. The first kappa shape index (κ1) is 18.7. The predicted molar refractivity (Wildman–Crippen MR) is 106 cm³/mol. The quantitative estimate of drug-likeness (QED) is 0.686. The number of allylic oxidation sites excluding steroid dienone is 1. The van der Waals surface area contributed by atoms with Gasteiger partial charge in [-0.25, -0.2) is 0 Å². The van der Waals surface area contributed by atoms with E-state index >= 15 is 0 Å². The average Bonchev–Trinajstić information content (AvgIpc) is 3.02. The molecule has 0 spiro atoms. The number of fused-ring (bicyclic) bond motifs is 5. The highest BCUT2D eigenvalue weighted by atomic mass is 16.3. The van der Waals surface area contributed by atoms with Gasteiger partial charge in [-0.05, 0) is 107 Å². The van der Waals surface area contributed by atoms with E-state index in [-0.39, 0.29) is 11.3 Å². The minimum atomic E-state index is 0.0957. The molecule has 4 aliphatic rings. The van der Waals surface area contributed by atoms with Crippen LogP contribution in [0.4, 0.5) is 0 Å². The molecule has 0 aliphatic heterocycles. The lowest BCUT2D eigenvalue weighted by Crippen LogP contribution is -2.54. The molecule has 1 N–H and O–H groups in total. The third kappa shape index (κ3) is 2.43. The summed E-state index contributed by atoms with van der Waals surface area (Å²) >= 11 is 0. The van der Waals surface area contributed by atoms with Crippen LogP contribution in [0.1, 0.15) is 78.6 Å². The molecule has 8 atom stereocenters. The third-order valence-electron chi connectivity index (χ3n) is 9.83. The number of aliphatic hydroxyl groups is 1. The molecule has 2 heteroatoms. The number of Topliss-reactive ketones (excluding diaryl/α,β-unsaturated/α-hetero) is 1. The monoisotopic (exact) mass is 358 g/mol. The van der Waals surface area contributed by atoms with E-state index < -0.39 is 0 Å². The molecule has 0 bridgehead atoms. The third-order valence-corrected chi connectivity index (χ3v) is 9.83. The Morgan fingerprint density at radius 3 is 2.46 bits per heavy atom. The number of aliphatic hydroxyl groups excluding tert-OH is 1. The molecular weight excluding hydrogens is 320 g/mol. The largest absolute Gasteiger partial charge is 0.396 e. The van der Waals surface area contributed by atoms with Crippen molar-refractivity contribution in [2.24, 2.45) is 46.3 Å². The molecule has 0 radical (unpaired) electrons. The van der Waals surface area contributed by atoms with Crippen LogP contribution in [0.3, 0.4) is 0 Å². The number of hydrogen-bond acceptors (Lipinski definition) is 2. The molecule has 146 valence electrons. The Labute approximate surface area is 159 Å². The summed E-state index contributed by atoms with van der Waals surface area (Å²) in [6, 6.07) is 0. The van der Waals surface area contributed by atoms with Gasteiger partial charge < -0.3 is 5.11 Å². The summed E-state index contributed by atoms with van der Waals surface area (Å²) in [4.78, 5) is 12.5. The highest BCUT2D eigenvalue weighted by molar-refractivity contribution is 5.80. The second-order valence-electron chi connectivity index (χ2n) is 10.6. The number of rotatable bonds is 3. The van der Waals surface area contributed by atoms with Crippen molar-refractivity contribution in [3.63, 3.8) is 0 Å². The van der Waals surface area contributed by atoms with Crippen molar-refractivity contribution in [3.05, 3.63) is 12.2 Å². The van der Waals surface area contributed by atoms with Crippen molar-refractivity contribution in [1.82, 2.24) is 0 Å². The molecule has 0 aromatic heterocycles. The zero-order chi connectivity index (χ0) is 18.7. The fourth-order valence-corrected chi connectivity index (χ4v) is 8.58. The van der Waals surface area contributed by atoms with Crippen molar-refractivity contribution in [2.75, 3.05) is 6.61 Å². The van der Waals surface area contributed by atoms with Crippen LogP contribution in [-0.2, 0) is 4.79 Å². The molecule has 4 rings (SSSR count). The molecule has 4 fully saturated rings. The molecule has 0 aromatic carbocycles. The van der Waals surface area contributed by atoms with Crippen molar-refractivity contribution >= 4 is 5.78 Å². The molecule has 4 saturated carbocycles. The SMILES string of the molecule is C=C(C)[C@]12CC[C@H]3[C@@H](CC[C@H]4C[C@H](CO)CC[C@@]43C)[C@@H]1CC[C@@H]2C(C)=O. The molecule has 0 amide bonds. The van der Waals surface area contributed by atoms with E-state index in [2.05, 4.69) is 20.4 Å². The highest BCUT2D eigenvalue weighted by Crippen LogP contribution is 2.69. The van der Waals surface area contributed by atoms with Crippen LogP contribution >= 0.6 is 0 Å². The summed E-state index contributed by atoms with van der Waals surface area (Å²) in [7, 11) is 0. The summed E-state index contributed by atoms with van der Waals surface area (Å²) in [6.07, 6.45) is 11.2. The first-order valence-electron chi connectivity index (χ1n) is 11.1. The van der Waals surface area contributed by atoms with Crippen molar-refractivity contribution in [3.8, 4) is 0 Å². The fraction of sp³-hybridized carbons (Fsp3) is 0.875. The second kappa shape index (κ2) is 6.47. The molecule has 4 aliphatic carbocycles. The number of carbonyl (C=O) groups excluding carboxylic acids is 1. The van der Waals surface area contributed by atoms with Crippen LogP contribution in [0.15, 0.2) is 12.2 Å². The summed E-state index contributed by atoms with van der Waals surface area (Å²) in [5.74, 6) is 4.26. The Morgan fingerprint density at radius 2 is 1.81 bits per heavy atom. The standard InChI is InChI=1S/C24H38O2/c1-15(2)24-12-10-21-19(22(24)8-7-20(24)16(3)26)6-5-18-13-17(14-25)9-11-23(18,21)4/h17-22,25H,1,5-14H2,2-4H3/t17-,18+,19-,20-,21+,22+,23+,24+/m1/s1. The number of hydrogen-bond donors (Lipinski definition) is 1. The van der Waals surface area contributed by atoms with Gasteiger partial charge in [-0.3, -0.25) is 4.79 Å². The molecule has 0 unspecified atom stereocenters. The Hall–Kier alpha value is -0.630. The van der Waals surface area contributed by atoms with Gasteiger partial charge in [0.25, 0.3) is 0 Å². The van der Waals surface area contributed by atoms with E-state index in [0.717, 1.165) is 24.2 Å². The first-order chi connectivity index (χ1) is 12.3. The van der Waals surface area contributed by atoms with Crippen LogP contribution in [0.2, 0.25) is 0 Å². The smallest absolute Gasteiger partial charge is 0.133 e. The second-order valence-corrected chi connectivity index (χ2v) is 10.6. The van der Waals surface area contributed by atoms with Gasteiger partial charge in [0.2, 0.25) is 0 Å². The maximum Gasteiger partial charge on any atom is 0.133 e. The normalized spacial score (nSPS) is 50.5. The predicted octanol–water partition coefficient (Wildman–Crippen LogP) is 5.40. The maximum atomic E-state index is 12.5. The van der Waals surface area contributed by atoms with Gasteiger partial charge in [0.1, 0.15) is 5.78 Å².